The Hall–Kier alpha value is -7.96. The Balaban J connectivity index is 1.18. The summed E-state index contributed by atoms with van der Waals surface area (Å²) in [5.41, 5.74) is 12.1. The minimum atomic E-state index is 0.528. The Kier molecular flexibility index (Phi) is 8.04. The quantitative estimate of drug-likeness (QED) is 0.163. The molecule has 6 nitrogen and oxygen atoms in total. The summed E-state index contributed by atoms with van der Waals surface area (Å²) in [7, 11) is 0. The second-order valence-electron chi connectivity index (χ2n) is 14.2. The van der Waals surface area contributed by atoms with Gasteiger partial charge >= 0.3 is 0 Å². The Morgan fingerprint density at radius 2 is 0.931 bits per heavy atom. The van der Waals surface area contributed by atoms with Crippen molar-refractivity contribution in [1.29, 1.82) is 0 Å². The summed E-state index contributed by atoms with van der Waals surface area (Å²) < 4.78 is 9.42. The molecule has 0 bridgehead atoms. The number of imidazole rings is 1. The number of fused-ring (bicyclic) bond motifs is 4. The lowest BCUT2D eigenvalue weighted by atomic mass is 9.96. The second kappa shape index (κ2) is 14.0. The van der Waals surface area contributed by atoms with E-state index < -0.39 is 0 Å². The lowest BCUT2D eigenvalue weighted by Crippen LogP contribution is -2.00. The molecule has 0 radical (unpaired) electrons. The van der Waals surface area contributed by atoms with Crippen LogP contribution in [0.5, 0.6) is 0 Å². The minimum absolute atomic E-state index is 0.528. The average molecular weight is 744 g/mol. The minimum Gasteiger partial charge on any atom is -0.454 e. The van der Waals surface area contributed by atoms with Gasteiger partial charge < -0.3 is 4.42 Å². The van der Waals surface area contributed by atoms with Gasteiger partial charge in [-0.05, 0) is 64.7 Å². The zero-order valence-corrected chi connectivity index (χ0v) is 31.2. The summed E-state index contributed by atoms with van der Waals surface area (Å²) >= 11 is 0. The molecule has 6 heteroatoms. The van der Waals surface area contributed by atoms with Gasteiger partial charge in [0.1, 0.15) is 17.0 Å². The van der Waals surface area contributed by atoms with Gasteiger partial charge in [-0.3, -0.25) is 4.57 Å². The highest BCUT2D eigenvalue weighted by Crippen LogP contribution is 2.45. The van der Waals surface area contributed by atoms with Crippen molar-refractivity contribution in [3.63, 3.8) is 0 Å². The largest absolute Gasteiger partial charge is 0.454 e. The van der Waals surface area contributed by atoms with Gasteiger partial charge in [0.05, 0.1) is 22.2 Å². The van der Waals surface area contributed by atoms with Gasteiger partial charge in [-0.25, -0.2) is 19.9 Å². The van der Waals surface area contributed by atoms with Gasteiger partial charge in [0, 0.05) is 27.6 Å². The highest BCUT2D eigenvalue weighted by Gasteiger charge is 2.25. The van der Waals surface area contributed by atoms with Gasteiger partial charge in [0.15, 0.2) is 17.5 Å². The summed E-state index contributed by atoms with van der Waals surface area (Å²) in [5, 5.41) is 1.94. The number of hydrogen-bond donors (Lipinski definition) is 0. The fourth-order valence-corrected chi connectivity index (χ4v) is 7.96. The normalized spacial score (nSPS) is 11.4. The van der Waals surface area contributed by atoms with E-state index in [1.165, 1.54) is 0 Å². The molecule has 3 aromatic heterocycles. The van der Waals surface area contributed by atoms with Crippen molar-refractivity contribution in [2.24, 2.45) is 0 Å². The van der Waals surface area contributed by atoms with Crippen LogP contribution in [0.1, 0.15) is 0 Å². The molecule has 0 fully saturated rings. The maximum Gasteiger partial charge on any atom is 0.167 e. The van der Waals surface area contributed by atoms with Crippen molar-refractivity contribution >= 4 is 33.0 Å². The Morgan fingerprint density at radius 3 is 1.69 bits per heavy atom. The van der Waals surface area contributed by atoms with E-state index in [0.717, 1.165) is 83.4 Å². The molecular weight excluding hydrogens is 711 g/mol. The summed E-state index contributed by atoms with van der Waals surface area (Å²) in [4.78, 5) is 20.7. The molecule has 0 amide bonds. The first kappa shape index (κ1) is 33.4. The zero-order valence-electron chi connectivity index (χ0n) is 31.2. The van der Waals surface area contributed by atoms with Gasteiger partial charge in [-0.2, -0.15) is 0 Å². The van der Waals surface area contributed by atoms with Crippen LogP contribution in [0, 0.1) is 0 Å². The van der Waals surface area contributed by atoms with Crippen LogP contribution in [-0.2, 0) is 0 Å². The number of hydrogen-bond acceptors (Lipinski definition) is 5. The number of aromatic nitrogens is 5. The van der Waals surface area contributed by atoms with Crippen LogP contribution in [-0.4, -0.2) is 24.5 Å². The van der Waals surface area contributed by atoms with Gasteiger partial charge in [-0.1, -0.05) is 158 Å². The second-order valence-corrected chi connectivity index (χ2v) is 14.2. The van der Waals surface area contributed by atoms with Crippen LogP contribution in [0.25, 0.3) is 106 Å². The Labute approximate surface area is 334 Å². The maximum absolute atomic E-state index is 7.19. The highest BCUT2D eigenvalue weighted by molar-refractivity contribution is 6.15. The molecule has 0 atom stereocenters. The summed E-state index contributed by atoms with van der Waals surface area (Å²) in [6.45, 7) is 0. The fourth-order valence-electron chi connectivity index (χ4n) is 7.96. The predicted molar refractivity (Wildman–Crippen MR) is 234 cm³/mol. The molecule has 0 spiro atoms. The molecule has 0 N–H and O–H groups in total. The summed E-state index contributed by atoms with van der Waals surface area (Å²) in [5.74, 6) is 2.49. The molecule has 0 unspecified atom stereocenters. The lowest BCUT2D eigenvalue weighted by Gasteiger charge is -2.14. The number of furan rings is 1. The van der Waals surface area contributed by atoms with Gasteiger partial charge in [-0.15, -0.1) is 0 Å². The molecule has 0 saturated heterocycles. The van der Waals surface area contributed by atoms with Crippen LogP contribution >= 0.6 is 0 Å². The van der Waals surface area contributed by atoms with Crippen LogP contribution < -0.4 is 0 Å². The molecule has 58 heavy (non-hydrogen) atoms. The number of benzene rings is 8. The van der Waals surface area contributed by atoms with Crippen molar-refractivity contribution in [2.75, 3.05) is 0 Å². The smallest absolute Gasteiger partial charge is 0.167 e. The molecule has 0 aliphatic carbocycles. The highest BCUT2D eigenvalue weighted by atomic mass is 16.3. The first-order chi connectivity index (χ1) is 28.8. The predicted octanol–water partition coefficient (Wildman–Crippen LogP) is 13.1. The van der Waals surface area contributed by atoms with E-state index in [1.807, 2.05) is 60.7 Å². The average Bonchev–Trinajstić information content (AvgIpc) is 3.89. The van der Waals surface area contributed by atoms with E-state index in [4.69, 9.17) is 24.4 Å². The monoisotopic (exact) mass is 743 g/mol. The first-order valence-corrected chi connectivity index (χ1v) is 19.3. The van der Waals surface area contributed by atoms with Crippen molar-refractivity contribution in [3.8, 4) is 73.5 Å². The van der Waals surface area contributed by atoms with E-state index in [-0.39, 0.29) is 0 Å². The molecular formula is C52H33N5O. The first-order valence-electron chi connectivity index (χ1n) is 19.3. The number of nitrogens with zero attached hydrogens (tertiary/aromatic N) is 5. The van der Waals surface area contributed by atoms with E-state index in [2.05, 4.69) is 144 Å². The fraction of sp³-hybridized carbons (Fsp3) is 0. The molecule has 8 aromatic carbocycles. The third-order valence-electron chi connectivity index (χ3n) is 10.7. The van der Waals surface area contributed by atoms with Crippen molar-refractivity contribution in [3.05, 3.63) is 200 Å². The maximum atomic E-state index is 7.19. The summed E-state index contributed by atoms with van der Waals surface area (Å²) in [6.07, 6.45) is 0. The van der Waals surface area contributed by atoms with Crippen LogP contribution in [0.15, 0.2) is 205 Å². The van der Waals surface area contributed by atoms with Crippen LogP contribution in [0.4, 0.5) is 0 Å². The van der Waals surface area contributed by atoms with Crippen molar-refractivity contribution in [2.45, 2.75) is 0 Å². The van der Waals surface area contributed by atoms with E-state index in [0.29, 0.717) is 23.1 Å². The van der Waals surface area contributed by atoms with E-state index in [9.17, 15) is 0 Å². The molecule has 0 aliphatic heterocycles. The van der Waals surface area contributed by atoms with E-state index in [1.54, 1.807) is 0 Å². The molecule has 0 saturated carbocycles. The third kappa shape index (κ3) is 5.74. The van der Waals surface area contributed by atoms with Gasteiger partial charge in [0.2, 0.25) is 0 Å². The topological polar surface area (TPSA) is 69.6 Å². The summed E-state index contributed by atoms with van der Waals surface area (Å²) in [6, 6.07) is 68.5. The molecule has 0 aliphatic rings. The number of rotatable bonds is 7. The van der Waals surface area contributed by atoms with Crippen molar-refractivity contribution < 1.29 is 4.42 Å². The van der Waals surface area contributed by atoms with Crippen molar-refractivity contribution in [1.82, 2.24) is 24.5 Å². The van der Waals surface area contributed by atoms with Gasteiger partial charge in [0.25, 0.3) is 0 Å². The van der Waals surface area contributed by atoms with E-state index >= 15 is 0 Å². The molecule has 272 valence electrons. The number of para-hydroxylation sites is 4. The zero-order chi connectivity index (χ0) is 38.4. The molecule has 3 heterocycles. The molecule has 11 rings (SSSR count). The van der Waals surface area contributed by atoms with Crippen LogP contribution in [0.2, 0.25) is 0 Å². The Morgan fingerprint density at radius 1 is 0.362 bits per heavy atom. The SMILES string of the molecule is c1ccc(-c2cccc(-c3nc(-c4ccccc4)nc(-c4cccc5c4oc4c(-c6nc7ccccc7n6-c6ccccc6)c(-c6ccccc6)ccc45)n3)c2)cc1. The third-order valence-corrected chi connectivity index (χ3v) is 10.7. The van der Waals surface area contributed by atoms with Crippen LogP contribution in [0.3, 0.4) is 0 Å². The standard InChI is InChI=1S/C52H33N5O/c1-5-17-34(18-6-1)37-23-15-24-38(33-37)50-54-49(36-21-9-3-10-22-36)55-51(56-50)43-28-16-27-41-42-32-31-40(35-19-7-2-8-20-35)46(48(42)58-47(41)43)52-53-44-29-13-14-30-45(44)57(52)39-25-11-4-12-26-39/h1-33H. The molecule has 11 aromatic rings. The lowest BCUT2D eigenvalue weighted by molar-refractivity contribution is 0.670. The Bertz CT molecular complexity index is 3270.